The van der Waals surface area contributed by atoms with Crippen LogP contribution >= 0.6 is 11.3 Å². The zero-order chi connectivity index (χ0) is 20.2. The molecule has 0 aliphatic heterocycles. The monoisotopic (exact) mass is 403 g/mol. The first-order chi connectivity index (χ1) is 14.1. The predicted molar refractivity (Wildman–Crippen MR) is 113 cm³/mol. The van der Waals surface area contributed by atoms with Gasteiger partial charge in [0.1, 0.15) is 0 Å². The predicted octanol–water partition coefficient (Wildman–Crippen LogP) is 3.80. The molecule has 144 valence electrons. The maximum absolute atomic E-state index is 12.6. The number of carbonyl (C=O) groups excluding carboxylic acids is 1. The van der Waals surface area contributed by atoms with E-state index in [2.05, 4.69) is 15.3 Å². The molecule has 29 heavy (non-hydrogen) atoms. The van der Waals surface area contributed by atoms with Gasteiger partial charge in [0, 0.05) is 6.54 Å². The fourth-order valence-corrected chi connectivity index (χ4v) is 3.58. The average molecular weight is 403 g/mol. The quantitative estimate of drug-likeness (QED) is 0.472. The molecule has 0 unspecified atom stereocenters. The van der Waals surface area contributed by atoms with Gasteiger partial charge < -0.3 is 15.4 Å². The first-order valence-electron chi connectivity index (χ1n) is 8.91. The maximum Gasteiger partial charge on any atom is 0.294 e. The first kappa shape index (κ1) is 18.6. The van der Waals surface area contributed by atoms with E-state index in [1.807, 2.05) is 66.0 Å². The number of aromatic amines is 1. The highest BCUT2D eigenvalue weighted by atomic mass is 32.1. The molecule has 2 aromatic heterocycles. The second kappa shape index (κ2) is 8.12. The molecule has 1 amide bonds. The van der Waals surface area contributed by atoms with Crippen LogP contribution in [0, 0.1) is 0 Å². The highest BCUT2D eigenvalue weighted by Gasteiger charge is 2.18. The zero-order valence-electron chi connectivity index (χ0n) is 15.3. The summed E-state index contributed by atoms with van der Waals surface area (Å²) in [5.74, 6) is -1.06. The number of H-pyrrole nitrogens is 1. The minimum atomic E-state index is -0.750. The van der Waals surface area contributed by atoms with Gasteiger partial charge in [-0.25, -0.2) is 4.98 Å². The van der Waals surface area contributed by atoms with Crippen LogP contribution in [-0.2, 0) is 6.54 Å². The molecule has 0 bridgehead atoms. The Balaban J connectivity index is 1.54. The molecule has 4 aromatic rings. The third-order valence-electron chi connectivity index (χ3n) is 4.35. The molecule has 4 rings (SSSR count). The van der Waals surface area contributed by atoms with E-state index in [0.29, 0.717) is 4.88 Å². The molecule has 0 saturated carbocycles. The van der Waals surface area contributed by atoms with Crippen LogP contribution in [0.2, 0.25) is 0 Å². The second-order valence-corrected chi connectivity index (χ2v) is 7.29. The van der Waals surface area contributed by atoms with E-state index in [0.717, 1.165) is 16.7 Å². The number of nitrogens with zero attached hydrogens (tertiary/aromatic N) is 1. The summed E-state index contributed by atoms with van der Waals surface area (Å²) in [7, 11) is 0. The van der Waals surface area contributed by atoms with E-state index in [9.17, 15) is 14.7 Å². The van der Waals surface area contributed by atoms with E-state index in [-0.39, 0.29) is 18.1 Å². The number of hydrogen-bond donors (Lipinski definition) is 3. The number of aromatic hydroxyl groups is 1. The Morgan fingerprint density at radius 1 is 1.03 bits per heavy atom. The van der Waals surface area contributed by atoms with Gasteiger partial charge in [-0.05, 0) is 34.2 Å². The van der Waals surface area contributed by atoms with Crippen molar-refractivity contribution in [1.82, 2.24) is 15.3 Å². The van der Waals surface area contributed by atoms with Crippen molar-refractivity contribution in [3.63, 3.8) is 0 Å². The van der Waals surface area contributed by atoms with Crippen molar-refractivity contribution in [2.24, 2.45) is 0 Å². The summed E-state index contributed by atoms with van der Waals surface area (Å²) in [6.07, 6.45) is 0. The van der Waals surface area contributed by atoms with Gasteiger partial charge in [0.25, 0.3) is 11.5 Å². The third kappa shape index (κ3) is 4.09. The fourth-order valence-electron chi connectivity index (χ4n) is 2.91. The molecule has 6 nitrogen and oxygen atoms in total. The minimum absolute atomic E-state index is 0.238. The molecule has 7 heteroatoms. The van der Waals surface area contributed by atoms with E-state index >= 15 is 0 Å². The second-order valence-electron chi connectivity index (χ2n) is 6.34. The largest absolute Gasteiger partial charge is 0.501 e. The summed E-state index contributed by atoms with van der Waals surface area (Å²) in [5, 5.41) is 14.6. The van der Waals surface area contributed by atoms with E-state index in [1.54, 1.807) is 6.07 Å². The zero-order valence-corrected chi connectivity index (χ0v) is 16.1. The average Bonchev–Trinajstić information content (AvgIpc) is 3.30. The Hall–Kier alpha value is -3.71. The molecule has 0 saturated heterocycles. The van der Waals surface area contributed by atoms with Crippen LogP contribution in [0.4, 0.5) is 0 Å². The fraction of sp³-hybridized carbons (Fsp3) is 0.0455. The molecule has 0 fully saturated rings. The molecule has 2 aromatic carbocycles. The number of benzene rings is 2. The number of thiophene rings is 1. The van der Waals surface area contributed by atoms with Gasteiger partial charge in [-0.15, -0.1) is 11.3 Å². The molecule has 3 N–H and O–H groups in total. The molecule has 0 spiro atoms. The summed E-state index contributed by atoms with van der Waals surface area (Å²) in [6.45, 7) is 0.238. The van der Waals surface area contributed by atoms with E-state index in [1.165, 1.54) is 11.3 Å². The van der Waals surface area contributed by atoms with Gasteiger partial charge in [0.05, 0.1) is 4.88 Å². The Morgan fingerprint density at radius 2 is 1.83 bits per heavy atom. The van der Waals surface area contributed by atoms with Crippen LogP contribution in [0.5, 0.6) is 5.75 Å². The van der Waals surface area contributed by atoms with Crippen LogP contribution in [0.1, 0.15) is 16.1 Å². The van der Waals surface area contributed by atoms with Gasteiger partial charge >= 0.3 is 0 Å². The molecular formula is C22H17N3O3S. The highest BCUT2D eigenvalue weighted by Crippen LogP contribution is 2.22. The Kier molecular flexibility index (Phi) is 5.22. The van der Waals surface area contributed by atoms with Crippen molar-refractivity contribution in [2.75, 3.05) is 0 Å². The van der Waals surface area contributed by atoms with Crippen molar-refractivity contribution in [2.45, 2.75) is 6.54 Å². The Morgan fingerprint density at radius 3 is 2.59 bits per heavy atom. The van der Waals surface area contributed by atoms with Gasteiger partial charge in [0.15, 0.2) is 11.5 Å². The van der Waals surface area contributed by atoms with Gasteiger partial charge in [-0.2, -0.15) is 0 Å². The molecule has 2 heterocycles. The molecular weight excluding hydrogens is 386 g/mol. The van der Waals surface area contributed by atoms with Crippen LogP contribution in [0.25, 0.3) is 21.8 Å². The van der Waals surface area contributed by atoms with Crippen molar-refractivity contribution in [3.05, 3.63) is 93.7 Å². The highest BCUT2D eigenvalue weighted by molar-refractivity contribution is 7.13. The van der Waals surface area contributed by atoms with Crippen molar-refractivity contribution < 1.29 is 9.90 Å². The first-order valence-corrected chi connectivity index (χ1v) is 9.79. The normalized spacial score (nSPS) is 10.6. The molecule has 0 radical (unpaired) electrons. The van der Waals surface area contributed by atoms with Gasteiger partial charge in [-0.1, -0.05) is 54.6 Å². The summed E-state index contributed by atoms with van der Waals surface area (Å²) < 4.78 is 0. The van der Waals surface area contributed by atoms with Crippen LogP contribution in [0.3, 0.4) is 0 Å². The number of hydrogen-bond acceptors (Lipinski definition) is 5. The lowest BCUT2D eigenvalue weighted by atomic mass is 10.0. The lowest BCUT2D eigenvalue weighted by Crippen LogP contribution is -2.26. The Bertz CT molecular complexity index is 1200. The van der Waals surface area contributed by atoms with Crippen molar-refractivity contribution >= 4 is 17.2 Å². The van der Waals surface area contributed by atoms with E-state index < -0.39 is 17.2 Å². The number of carbonyl (C=O) groups is 1. The smallest absolute Gasteiger partial charge is 0.294 e. The molecule has 0 aliphatic carbocycles. The standard InChI is InChI=1S/C22H17N3O3S/c26-19-18(24-20(25-22(19)28)17-10-5-11-29-17)21(27)23-13-14-6-4-9-16(12-14)15-7-2-1-3-8-15/h1-12,26H,13H2,(H,23,27)(H,24,25,28). The summed E-state index contributed by atoms with van der Waals surface area (Å²) >= 11 is 1.37. The lowest BCUT2D eigenvalue weighted by molar-refractivity contribution is 0.0942. The Labute approximate surface area is 170 Å². The SMILES string of the molecule is O=C(NCc1cccc(-c2ccccc2)c1)c1nc(-c2cccs2)[nH]c(=O)c1O. The van der Waals surface area contributed by atoms with Crippen LogP contribution < -0.4 is 10.9 Å². The van der Waals surface area contributed by atoms with Crippen molar-refractivity contribution in [3.8, 4) is 27.6 Å². The number of aromatic nitrogens is 2. The number of nitrogens with one attached hydrogen (secondary N) is 2. The molecule has 0 aliphatic rings. The lowest BCUT2D eigenvalue weighted by Gasteiger charge is -2.09. The van der Waals surface area contributed by atoms with Crippen LogP contribution in [0.15, 0.2) is 76.9 Å². The van der Waals surface area contributed by atoms with Gasteiger partial charge in [-0.3, -0.25) is 9.59 Å². The minimum Gasteiger partial charge on any atom is -0.501 e. The van der Waals surface area contributed by atoms with Gasteiger partial charge in [0.2, 0.25) is 5.75 Å². The summed E-state index contributed by atoms with van der Waals surface area (Å²) in [6, 6.07) is 21.3. The van der Waals surface area contributed by atoms with Crippen LogP contribution in [-0.4, -0.2) is 21.0 Å². The topological polar surface area (TPSA) is 95.1 Å². The maximum atomic E-state index is 12.6. The third-order valence-corrected chi connectivity index (χ3v) is 5.23. The summed E-state index contributed by atoms with van der Waals surface area (Å²) in [5.41, 5.74) is 1.96. The van der Waals surface area contributed by atoms with E-state index in [4.69, 9.17) is 0 Å². The molecule has 0 atom stereocenters. The number of rotatable bonds is 5. The number of amides is 1. The summed E-state index contributed by atoms with van der Waals surface area (Å²) in [4.78, 5) is 31.9. The van der Waals surface area contributed by atoms with Crippen molar-refractivity contribution in [1.29, 1.82) is 0 Å².